The first kappa shape index (κ1) is 22.3. The summed E-state index contributed by atoms with van der Waals surface area (Å²) in [6.07, 6.45) is -3.98. The Morgan fingerprint density at radius 2 is 1.71 bits per heavy atom. The molecule has 5 nitrogen and oxygen atoms in total. The maximum Gasteiger partial charge on any atom is 0.417 e. The maximum absolute atomic E-state index is 13.0. The standard InChI is InChI=1S/C17H15Cl2F3N2O3S/c1-28(26,27)24(13-6-7-15(19)14(8-13)17(20,21)22)10-16(25)23-9-11-2-4-12(18)5-3-11/h2-8H,9-10H2,1H3,(H,23,25). The summed E-state index contributed by atoms with van der Waals surface area (Å²) < 4.78 is 63.8. The van der Waals surface area contributed by atoms with Crippen LogP contribution in [0.5, 0.6) is 0 Å². The van der Waals surface area contributed by atoms with Crippen LogP contribution in [0.1, 0.15) is 11.1 Å². The zero-order valence-corrected chi connectivity index (χ0v) is 16.8. The lowest BCUT2D eigenvalue weighted by Gasteiger charge is -2.23. The van der Waals surface area contributed by atoms with Crippen LogP contribution in [0.2, 0.25) is 10.0 Å². The highest BCUT2D eigenvalue weighted by Gasteiger charge is 2.34. The third-order valence-corrected chi connectivity index (χ3v) is 5.36. The van der Waals surface area contributed by atoms with E-state index in [1.54, 1.807) is 24.3 Å². The number of halogens is 5. The quantitative estimate of drug-likeness (QED) is 0.714. The van der Waals surface area contributed by atoms with Crippen LogP contribution >= 0.6 is 23.2 Å². The Bertz CT molecular complexity index is 965. The van der Waals surface area contributed by atoms with Crippen molar-refractivity contribution in [3.63, 3.8) is 0 Å². The molecule has 152 valence electrons. The van der Waals surface area contributed by atoms with E-state index < -0.39 is 39.2 Å². The number of amides is 1. The molecule has 2 aromatic rings. The molecular formula is C17H15Cl2F3N2O3S. The molecule has 0 saturated carbocycles. The summed E-state index contributed by atoms with van der Waals surface area (Å²) in [6.45, 7) is -0.590. The van der Waals surface area contributed by atoms with Crippen molar-refractivity contribution in [1.82, 2.24) is 5.32 Å². The topological polar surface area (TPSA) is 66.5 Å². The fourth-order valence-corrected chi connectivity index (χ4v) is 3.47. The van der Waals surface area contributed by atoms with E-state index in [0.29, 0.717) is 15.4 Å². The Balaban J connectivity index is 2.21. The molecule has 2 aromatic carbocycles. The van der Waals surface area contributed by atoms with Crippen LogP contribution in [0.4, 0.5) is 18.9 Å². The van der Waals surface area contributed by atoms with Crippen molar-refractivity contribution in [3.8, 4) is 0 Å². The van der Waals surface area contributed by atoms with Gasteiger partial charge in [-0.05, 0) is 35.9 Å². The van der Waals surface area contributed by atoms with Crippen LogP contribution in [0.25, 0.3) is 0 Å². The van der Waals surface area contributed by atoms with Gasteiger partial charge in [0.25, 0.3) is 0 Å². The molecule has 28 heavy (non-hydrogen) atoms. The van der Waals surface area contributed by atoms with E-state index in [-0.39, 0.29) is 12.2 Å². The van der Waals surface area contributed by atoms with E-state index in [4.69, 9.17) is 23.2 Å². The Labute approximate surface area is 170 Å². The summed E-state index contributed by atoms with van der Waals surface area (Å²) in [5.41, 5.74) is -0.794. The maximum atomic E-state index is 13.0. The molecule has 11 heteroatoms. The normalized spacial score (nSPS) is 11.9. The largest absolute Gasteiger partial charge is 0.417 e. The highest BCUT2D eigenvalue weighted by Crippen LogP contribution is 2.37. The van der Waals surface area contributed by atoms with Gasteiger partial charge in [0.05, 0.1) is 22.5 Å². The third-order valence-electron chi connectivity index (χ3n) is 3.63. The molecule has 1 N–H and O–H groups in total. The second kappa shape index (κ2) is 8.59. The van der Waals surface area contributed by atoms with E-state index in [0.717, 1.165) is 24.0 Å². The second-order valence-corrected chi connectivity index (χ2v) is 8.59. The SMILES string of the molecule is CS(=O)(=O)N(CC(=O)NCc1ccc(Cl)cc1)c1ccc(Cl)c(C(F)(F)F)c1. The molecule has 0 unspecified atom stereocenters. The lowest BCUT2D eigenvalue weighted by Crippen LogP contribution is -2.40. The minimum absolute atomic E-state index is 0.0992. The molecule has 0 saturated heterocycles. The number of sulfonamides is 1. The zero-order valence-electron chi connectivity index (χ0n) is 14.4. The first-order valence-electron chi connectivity index (χ1n) is 7.73. The molecule has 0 atom stereocenters. The van der Waals surface area contributed by atoms with Gasteiger partial charge < -0.3 is 5.32 Å². The van der Waals surface area contributed by atoms with Gasteiger partial charge in [0.1, 0.15) is 6.54 Å². The van der Waals surface area contributed by atoms with Crippen LogP contribution in [0.15, 0.2) is 42.5 Å². The van der Waals surface area contributed by atoms with Crippen LogP contribution in [0, 0.1) is 0 Å². The molecule has 0 spiro atoms. The molecular weight excluding hydrogens is 440 g/mol. The van der Waals surface area contributed by atoms with Gasteiger partial charge in [-0.25, -0.2) is 8.42 Å². The van der Waals surface area contributed by atoms with Gasteiger partial charge in [-0.2, -0.15) is 13.2 Å². The number of nitrogens with zero attached hydrogens (tertiary/aromatic N) is 1. The van der Waals surface area contributed by atoms with E-state index >= 15 is 0 Å². The second-order valence-electron chi connectivity index (χ2n) is 5.83. The van der Waals surface area contributed by atoms with Gasteiger partial charge in [-0.15, -0.1) is 0 Å². The Kier molecular flexibility index (Phi) is 6.84. The predicted octanol–water partition coefficient (Wildman–Crippen LogP) is 4.09. The van der Waals surface area contributed by atoms with Crippen molar-refractivity contribution in [2.75, 3.05) is 17.1 Å². The van der Waals surface area contributed by atoms with Gasteiger partial charge in [0, 0.05) is 11.6 Å². The number of carbonyl (C=O) groups is 1. The van der Waals surface area contributed by atoms with Gasteiger partial charge >= 0.3 is 6.18 Å². The fourth-order valence-electron chi connectivity index (χ4n) is 2.27. The number of carbonyl (C=O) groups excluding carboxylic acids is 1. The number of hydrogen-bond donors (Lipinski definition) is 1. The summed E-state index contributed by atoms with van der Waals surface area (Å²) >= 11 is 11.3. The fraction of sp³-hybridized carbons (Fsp3) is 0.235. The Morgan fingerprint density at radius 1 is 1.11 bits per heavy atom. The number of alkyl halides is 3. The number of benzene rings is 2. The zero-order chi connectivity index (χ0) is 21.1. The van der Waals surface area contributed by atoms with Crippen LogP contribution < -0.4 is 9.62 Å². The van der Waals surface area contributed by atoms with Crippen molar-refractivity contribution in [2.45, 2.75) is 12.7 Å². The lowest BCUT2D eigenvalue weighted by molar-refractivity contribution is -0.137. The van der Waals surface area contributed by atoms with Crippen LogP contribution in [0.3, 0.4) is 0 Å². The summed E-state index contributed by atoms with van der Waals surface area (Å²) in [5, 5.41) is 2.45. The average molecular weight is 455 g/mol. The first-order valence-corrected chi connectivity index (χ1v) is 10.3. The van der Waals surface area contributed by atoms with E-state index in [1.165, 1.54) is 0 Å². The summed E-state index contributed by atoms with van der Waals surface area (Å²) in [4.78, 5) is 12.2. The first-order chi connectivity index (χ1) is 12.9. The number of rotatable bonds is 6. The van der Waals surface area contributed by atoms with Crippen molar-refractivity contribution < 1.29 is 26.4 Å². The molecule has 0 heterocycles. The number of anilines is 1. The van der Waals surface area contributed by atoms with Crippen molar-refractivity contribution in [3.05, 3.63) is 63.6 Å². The van der Waals surface area contributed by atoms with Crippen molar-refractivity contribution in [2.24, 2.45) is 0 Å². The highest BCUT2D eigenvalue weighted by molar-refractivity contribution is 7.92. The Hall–Kier alpha value is -1.97. The summed E-state index contributed by atoms with van der Waals surface area (Å²) in [6, 6.07) is 9.22. The van der Waals surface area contributed by atoms with E-state index in [2.05, 4.69) is 5.32 Å². The minimum Gasteiger partial charge on any atom is -0.350 e. The van der Waals surface area contributed by atoms with Crippen LogP contribution in [-0.4, -0.2) is 27.1 Å². The molecule has 0 aromatic heterocycles. The van der Waals surface area contributed by atoms with E-state index in [9.17, 15) is 26.4 Å². The van der Waals surface area contributed by atoms with Crippen LogP contribution in [-0.2, 0) is 27.5 Å². The minimum atomic E-state index is -4.77. The van der Waals surface area contributed by atoms with Crippen molar-refractivity contribution in [1.29, 1.82) is 0 Å². The van der Waals surface area contributed by atoms with Gasteiger partial charge in [-0.3, -0.25) is 9.10 Å². The molecule has 1 amide bonds. The smallest absolute Gasteiger partial charge is 0.350 e. The Morgan fingerprint density at radius 3 is 2.25 bits per heavy atom. The number of hydrogen-bond acceptors (Lipinski definition) is 3. The summed E-state index contributed by atoms with van der Waals surface area (Å²) in [5.74, 6) is -0.691. The van der Waals surface area contributed by atoms with Gasteiger partial charge in [0.2, 0.25) is 15.9 Å². The van der Waals surface area contributed by atoms with Gasteiger partial charge in [0.15, 0.2) is 0 Å². The molecule has 0 bridgehead atoms. The highest BCUT2D eigenvalue weighted by atomic mass is 35.5. The monoisotopic (exact) mass is 454 g/mol. The molecule has 2 rings (SSSR count). The van der Waals surface area contributed by atoms with E-state index in [1.807, 2.05) is 0 Å². The average Bonchev–Trinajstić information content (AvgIpc) is 2.58. The predicted molar refractivity (Wildman–Crippen MR) is 102 cm³/mol. The molecule has 0 aliphatic heterocycles. The lowest BCUT2D eigenvalue weighted by atomic mass is 10.2. The molecule has 0 aliphatic rings. The van der Waals surface area contributed by atoms with Gasteiger partial charge in [-0.1, -0.05) is 35.3 Å². The molecule has 0 aliphatic carbocycles. The number of nitrogens with one attached hydrogen (secondary N) is 1. The molecule has 0 radical (unpaired) electrons. The molecule has 0 fully saturated rings. The summed E-state index contributed by atoms with van der Waals surface area (Å²) in [7, 11) is -4.03. The third kappa shape index (κ3) is 6.02. The van der Waals surface area contributed by atoms with Crippen molar-refractivity contribution >= 4 is 44.8 Å².